The van der Waals surface area contributed by atoms with Gasteiger partial charge in [-0.25, -0.2) is 12.8 Å². The molecule has 0 radical (unpaired) electrons. The minimum Gasteiger partial charge on any atom is -0.288 e. The van der Waals surface area contributed by atoms with Gasteiger partial charge in [0.2, 0.25) is 0 Å². The lowest BCUT2D eigenvalue weighted by atomic mass is 10.0. The first-order chi connectivity index (χ1) is 11.1. The minimum absolute atomic E-state index is 0.00522. The number of carbonyl (C=O) groups is 1. The van der Waals surface area contributed by atoms with Gasteiger partial charge in [-0.05, 0) is 29.8 Å². The standard InChI is InChI=1S/C16H12BrCl2FO3S/c1-2-24(22,23)8-9-3-4-11(12(17)5-9)16(21)15-13(18)6-10(20)7-14(15)19/h3-7H,2,8H2,1H3. The molecular formula is C16H12BrCl2FO3S. The lowest BCUT2D eigenvalue weighted by Gasteiger charge is -2.10. The maximum atomic E-state index is 13.3. The van der Waals surface area contributed by atoms with Crippen LogP contribution in [0, 0.1) is 5.82 Å². The molecule has 0 spiro atoms. The second-order valence-electron chi connectivity index (χ2n) is 5.06. The molecule has 0 bridgehead atoms. The van der Waals surface area contributed by atoms with E-state index in [-0.39, 0.29) is 32.7 Å². The van der Waals surface area contributed by atoms with Crippen LogP contribution in [0.25, 0.3) is 0 Å². The van der Waals surface area contributed by atoms with Crippen molar-refractivity contribution in [2.24, 2.45) is 0 Å². The molecule has 24 heavy (non-hydrogen) atoms. The Balaban J connectivity index is 2.42. The summed E-state index contributed by atoms with van der Waals surface area (Å²) in [6.45, 7) is 1.57. The molecule has 0 aliphatic heterocycles. The Morgan fingerprint density at radius 3 is 2.25 bits per heavy atom. The lowest BCUT2D eigenvalue weighted by Crippen LogP contribution is -2.08. The van der Waals surface area contributed by atoms with Crippen LogP contribution in [0.5, 0.6) is 0 Å². The first-order valence-electron chi connectivity index (χ1n) is 6.82. The number of rotatable bonds is 5. The van der Waals surface area contributed by atoms with Crippen molar-refractivity contribution in [1.82, 2.24) is 0 Å². The average Bonchev–Trinajstić information content (AvgIpc) is 2.45. The number of ketones is 1. The van der Waals surface area contributed by atoms with Gasteiger partial charge in [-0.2, -0.15) is 0 Å². The Morgan fingerprint density at radius 1 is 1.17 bits per heavy atom. The fourth-order valence-electron chi connectivity index (χ4n) is 2.08. The van der Waals surface area contributed by atoms with Crippen molar-refractivity contribution in [2.45, 2.75) is 12.7 Å². The summed E-state index contributed by atoms with van der Waals surface area (Å²) in [4.78, 5) is 12.6. The minimum atomic E-state index is -3.18. The highest BCUT2D eigenvalue weighted by molar-refractivity contribution is 9.10. The van der Waals surface area contributed by atoms with E-state index in [9.17, 15) is 17.6 Å². The number of hydrogen-bond donors (Lipinski definition) is 0. The van der Waals surface area contributed by atoms with Crippen LogP contribution in [-0.4, -0.2) is 20.0 Å². The van der Waals surface area contributed by atoms with E-state index >= 15 is 0 Å². The normalized spacial score (nSPS) is 11.5. The summed E-state index contributed by atoms with van der Waals surface area (Å²) in [5, 5.41) is -0.177. The van der Waals surface area contributed by atoms with Crippen molar-refractivity contribution < 1.29 is 17.6 Å². The van der Waals surface area contributed by atoms with Gasteiger partial charge in [-0.15, -0.1) is 0 Å². The number of benzene rings is 2. The highest BCUT2D eigenvalue weighted by Crippen LogP contribution is 2.31. The van der Waals surface area contributed by atoms with Gasteiger partial charge >= 0.3 is 0 Å². The summed E-state index contributed by atoms with van der Waals surface area (Å²) in [6, 6.07) is 6.62. The monoisotopic (exact) mass is 452 g/mol. The van der Waals surface area contributed by atoms with Crippen molar-refractivity contribution in [1.29, 1.82) is 0 Å². The van der Waals surface area contributed by atoms with Crippen molar-refractivity contribution in [3.63, 3.8) is 0 Å². The fraction of sp³-hybridized carbons (Fsp3) is 0.188. The molecule has 0 N–H and O–H groups in total. The van der Waals surface area contributed by atoms with Crippen LogP contribution in [0.1, 0.15) is 28.4 Å². The van der Waals surface area contributed by atoms with Gasteiger partial charge in [0.05, 0.1) is 21.4 Å². The summed E-state index contributed by atoms with van der Waals surface area (Å²) >= 11 is 15.1. The Bertz CT molecular complexity index is 891. The largest absolute Gasteiger partial charge is 0.288 e. The second-order valence-corrected chi connectivity index (χ2v) is 9.09. The maximum Gasteiger partial charge on any atom is 0.197 e. The predicted octanol–water partition coefficient (Wildman–Crippen LogP) is 5.06. The van der Waals surface area contributed by atoms with Crippen LogP contribution in [0.15, 0.2) is 34.8 Å². The van der Waals surface area contributed by atoms with Gasteiger partial charge < -0.3 is 0 Å². The third kappa shape index (κ3) is 4.36. The molecule has 0 saturated carbocycles. The molecule has 3 nitrogen and oxygen atoms in total. The van der Waals surface area contributed by atoms with Gasteiger partial charge in [0.15, 0.2) is 15.6 Å². The first kappa shape index (κ1) is 19.4. The zero-order valence-corrected chi connectivity index (χ0v) is 16.4. The molecule has 0 amide bonds. The Hall–Kier alpha value is -0.950. The van der Waals surface area contributed by atoms with Crippen LogP contribution in [0.3, 0.4) is 0 Å². The molecule has 0 unspecified atom stereocenters. The van der Waals surface area contributed by atoms with Gasteiger partial charge in [0, 0.05) is 15.8 Å². The average molecular weight is 454 g/mol. The van der Waals surface area contributed by atoms with Crippen LogP contribution in [-0.2, 0) is 15.6 Å². The van der Waals surface area contributed by atoms with Crippen LogP contribution < -0.4 is 0 Å². The SMILES string of the molecule is CCS(=O)(=O)Cc1ccc(C(=O)c2c(Cl)cc(F)cc2Cl)c(Br)c1. The van der Waals surface area contributed by atoms with Crippen molar-refractivity contribution in [2.75, 3.05) is 5.75 Å². The predicted molar refractivity (Wildman–Crippen MR) is 97.2 cm³/mol. The maximum absolute atomic E-state index is 13.3. The molecule has 8 heteroatoms. The summed E-state index contributed by atoms with van der Waals surface area (Å²) in [7, 11) is -3.18. The Labute approximate surface area is 157 Å². The van der Waals surface area contributed by atoms with Crippen LogP contribution in [0.2, 0.25) is 10.0 Å². The van der Waals surface area contributed by atoms with Gasteiger partial charge in [0.25, 0.3) is 0 Å². The van der Waals surface area contributed by atoms with Crippen LogP contribution in [0.4, 0.5) is 4.39 Å². The molecular weight excluding hydrogens is 442 g/mol. The number of hydrogen-bond acceptors (Lipinski definition) is 3. The van der Waals surface area contributed by atoms with Crippen LogP contribution >= 0.6 is 39.1 Å². The van der Waals surface area contributed by atoms with E-state index in [0.29, 0.717) is 10.0 Å². The topological polar surface area (TPSA) is 51.2 Å². The number of sulfone groups is 1. The molecule has 0 aliphatic carbocycles. The third-order valence-corrected chi connectivity index (χ3v) is 6.24. The Kier molecular flexibility index (Phi) is 6.07. The highest BCUT2D eigenvalue weighted by Gasteiger charge is 2.21. The third-order valence-electron chi connectivity index (χ3n) is 3.34. The van der Waals surface area contributed by atoms with E-state index in [1.807, 2.05) is 0 Å². The van der Waals surface area contributed by atoms with E-state index in [2.05, 4.69) is 15.9 Å². The van der Waals surface area contributed by atoms with E-state index in [0.717, 1.165) is 12.1 Å². The fourth-order valence-corrected chi connectivity index (χ4v) is 4.21. The quantitative estimate of drug-likeness (QED) is 0.594. The van der Waals surface area contributed by atoms with Gasteiger partial charge in [0.1, 0.15) is 5.82 Å². The van der Waals surface area contributed by atoms with E-state index in [4.69, 9.17) is 23.2 Å². The van der Waals surface area contributed by atoms with Crippen molar-refractivity contribution in [3.05, 3.63) is 67.4 Å². The molecule has 0 aromatic heterocycles. The Morgan fingerprint density at radius 2 is 1.75 bits per heavy atom. The smallest absolute Gasteiger partial charge is 0.197 e. The van der Waals surface area contributed by atoms with Gasteiger partial charge in [-0.1, -0.05) is 52.1 Å². The van der Waals surface area contributed by atoms with Crippen molar-refractivity contribution in [3.8, 4) is 0 Å². The van der Waals surface area contributed by atoms with Crippen molar-refractivity contribution >= 4 is 54.8 Å². The molecule has 0 saturated heterocycles. The zero-order chi connectivity index (χ0) is 18.1. The summed E-state index contributed by atoms with van der Waals surface area (Å²) < 4.78 is 37.0. The van der Waals surface area contributed by atoms with E-state index in [1.54, 1.807) is 19.1 Å². The molecule has 0 fully saturated rings. The summed E-state index contributed by atoms with van der Waals surface area (Å²) in [5.74, 6) is -1.21. The molecule has 0 atom stereocenters. The molecule has 2 rings (SSSR count). The van der Waals surface area contributed by atoms with Gasteiger partial charge in [-0.3, -0.25) is 4.79 Å². The second kappa shape index (κ2) is 7.52. The molecule has 128 valence electrons. The molecule has 2 aromatic rings. The zero-order valence-electron chi connectivity index (χ0n) is 12.4. The number of carbonyl (C=O) groups excluding carboxylic acids is 1. The highest BCUT2D eigenvalue weighted by atomic mass is 79.9. The molecule has 0 heterocycles. The van der Waals surface area contributed by atoms with E-state index in [1.165, 1.54) is 6.07 Å². The first-order valence-corrected chi connectivity index (χ1v) is 10.2. The summed E-state index contributed by atoms with van der Waals surface area (Å²) in [5.41, 5.74) is 0.800. The lowest BCUT2D eigenvalue weighted by molar-refractivity contribution is 0.103. The summed E-state index contributed by atoms with van der Waals surface area (Å²) in [6.07, 6.45) is 0. The molecule has 2 aromatic carbocycles. The van der Waals surface area contributed by atoms with E-state index < -0.39 is 21.4 Å². The molecule has 0 aliphatic rings. The number of halogens is 4.